The Balaban J connectivity index is 4.32. The lowest BCUT2D eigenvalue weighted by atomic mass is 10.6. The summed E-state index contributed by atoms with van der Waals surface area (Å²) in [6.07, 6.45) is 1.06. The first-order valence-electron chi connectivity index (χ1n) is 4.58. The molecule has 0 fully saturated rings. The maximum Gasteiger partial charge on any atom is 0.456 e. The predicted octanol–water partition coefficient (Wildman–Crippen LogP) is 3.57. The van der Waals surface area contributed by atoms with Gasteiger partial charge in [0.15, 0.2) is 0 Å². The van der Waals surface area contributed by atoms with E-state index in [4.69, 9.17) is 8.85 Å². The molecule has 0 aliphatic heterocycles. The van der Waals surface area contributed by atoms with E-state index < -0.39 is 8.56 Å². The van der Waals surface area contributed by atoms with Gasteiger partial charge in [-0.25, -0.2) is 0 Å². The largest absolute Gasteiger partial charge is 0.517 e. The van der Waals surface area contributed by atoms with Crippen LogP contribution in [0.3, 0.4) is 0 Å². The highest BCUT2D eigenvalue weighted by Crippen LogP contribution is 2.20. The molecule has 0 heterocycles. The Morgan fingerprint density at radius 3 is 1.77 bits per heavy atom. The number of allylic oxidation sites excluding steroid dienone is 2. The smallest absolute Gasteiger partial charge is 0.456 e. The molecule has 3 heteroatoms. The molecule has 0 saturated carbocycles. The quantitative estimate of drug-likeness (QED) is 0.482. The van der Waals surface area contributed by atoms with Crippen molar-refractivity contribution >= 4 is 8.56 Å². The Labute approximate surface area is 82.5 Å². The fourth-order valence-electron chi connectivity index (χ4n) is 1.31. The summed E-state index contributed by atoms with van der Waals surface area (Å²) in [5, 5.41) is 0. The molecule has 0 aromatic carbocycles. The minimum Gasteiger partial charge on any atom is -0.517 e. The molecule has 0 bridgehead atoms. The first kappa shape index (κ1) is 12.3. The van der Waals surface area contributed by atoms with Crippen LogP contribution < -0.4 is 0 Å². The molecule has 0 N–H and O–H groups in total. The number of hydrogen-bond donors (Lipinski definition) is 0. The van der Waals surface area contributed by atoms with Crippen molar-refractivity contribution in [2.75, 3.05) is 0 Å². The topological polar surface area (TPSA) is 18.5 Å². The van der Waals surface area contributed by atoms with E-state index in [2.05, 4.69) is 20.1 Å². The van der Waals surface area contributed by atoms with Gasteiger partial charge in [0.05, 0.1) is 11.5 Å². The second kappa shape index (κ2) is 5.12. The summed E-state index contributed by atoms with van der Waals surface area (Å²) < 4.78 is 11.3. The van der Waals surface area contributed by atoms with Crippen LogP contribution in [0.2, 0.25) is 12.6 Å². The third-order valence-corrected chi connectivity index (χ3v) is 4.45. The molecule has 0 spiro atoms. The van der Waals surface area contributed by atoms with E-state index >= 15 is 0 Å². The SMILES string of the molecule is C=C(C)O[Si](C)(CCC)OC(=C)C. The van der Waals surface area contributed by atoms with Crippen LogP contribution >= 0.6 is 0 Å². The van der Waals surface area contributed by atoms with E-state index in [1.54, 1.807) is 0 Å². The Morgan fingerprint density at radius 1 is 1.15 bits per heavy atom. The van der Waals surface area contributed by atoms with Crippen molar-refractivity contribution in [2.24, 2.45) is 0 Å². The third-order valence-electron chi connectivity index (χ3n) is 1.48. The first-order chi connectivity index (χ1) is 5.89. The van der Waals surface area contributed by atoms with Gasteiger partial charge in [0, 0.05) is 12.6 Å². The van der Waals surface area contributed by atoms with Crippen molar-refractivity contribution in [1.29, 1.82) is 0 Å². The maximum absolute atomic E-state index is 5.65. The van der Waals surface area contributed by atoms with E-state index in [1.165, 1.54) is 0 Å². The van der Waals surface area contributed by atoms with Crippen LogP contribution in [-0.4, -0.2) is 8.56 Å². The van der Waals surface area contributed by atoms with Crippen LogP contribution in [0.1, 0.15) is 27.2 Å². The van der Waals surface area contributed by atoms with E-state index in [-0.39, 0.29) is 0 Å². The van der Waals surface area contributed by atoms with Gasteiger partial charge in [-0.2, -0.15) is 0 Å². The van der Waals surface area contributed by atoms with Crippen molar-refractivity contribution in [3.63, 3.8) is 0 Å². The normalized spacial score (nSPS) is 10.8. The molecule has 0 radical (unpaired) electrons. The van der Waals surface area contributed by atoms with Gasteiger partial charge in [-0.05, 0) is 13.8 Å². The summed E-state index contributed by atoms with van der Waals surface area (Å²) in [6, 6.07) is 0.965. The molecule has 0 aromatic heterocycles. The van der Waals surface area contributed by atoms with Crippen LogP contribution in [-0.2, 0) is 8.85 Å². The molecule has 0 unspecified atom stereocenters. The van der Waals surface area contributed by atoms with E-state index in [0.29, 0.717) is 0 Å². The average molecular weight is 200 g/mol. The van der Waals surface area contributed by atoms with Crippen LogP contribution in [0.5, 0.6) is 0 Å². The lowest BCUT2D eigenvalue weighted by Gasteiger charge is -2.28. The highest BCUT2D eigenvalue weighted by Gasteiger charge is 2.34. The summed E-state index contributed by atoms with van der Waals surface area (Å²) in [7, 11) is -2.07. The highest BCUT2D eigenvalue weighted by molar-refractivity contribution is 6.66. The van der Waals surface area contributed by atoms with Crippen LogP contribution in [0.15, 0.2) is 24.7 Å². The van der Waals surface area contributed by atoms with Crippen molar-refractivity contribution < 1.29 is 8.85 Å². The lowest BCUT2D eigenvalue weighted by Crippen LogP contribution is -2.37. The third kappa shape index (κ3) is 5.52. The molecule has 0 aliphatic rings. The van der Waals surface area contributed by atoms with Crippen LogP contribution in [0.4, 0.5) is 0 Å². The Morgan fingerprint density at radius 2 is 1.54 bits per heavy atom. The van der Waals surface area contributed by atoms with Gasteiger partial charge >= 0.3 is 8.56 Å². The fraction of sp³-hybridized carbons (Fsp3) is 0.600. The van der Waals surface area contributed by atoms with Crippen molar-refractivity contribution in [3.8, 4) is 0 Å². The monoisotopic (exact) mass is 200 g/mol. The molecule has 0 atom stereocenters. The van der Waals surface area contributed by atoms with Gasteiger partial charge in [0.1, 0.15) is 0 Å². The van der Waals surface area contributed by atoms with Gasteiger partial charge in [-0.3, -0.25) is 0 Å². The second-order valence-electron chi connectivity index (χ2n) is 3.49. The zero-order valence-corrected chi connectivity index (χ0v) is 10.1. The minimum atomic E-state index is -2.07. The fourth-order valence-corrected chi connectivity index (χ4v) is 3.94. The van der Waals surface area contributed by atoms with E-state index in [0.717, 1.165) is 24.0 Å². The Bertz CT molecular complexity index is 183. The molecule has 0 rings (SSSR count). The molecule has 0 amide bonds. The van der Waals surface area contributed by atoms with E-state index in [1.807, 2.05) is 20.4 Å². The maximum atomic E-state index is 5.65. The van der Waals surface area contributed by atoms with Crippen molar-refractivity contribution in [1.82, 2.24) is 0 Å². The molecular weight excluding hydrogens is 180 g/mol. The van der Waals surface area contributed by atoms with Gasteiger partial charge in [-0.1, -0.05) is 26.5 Å². The van der Waals surface area contributed by atoms with Crippen molar-refractivity contribution in [3.05, 3.63) is 24.7 Å². The molecule has 0 aliphatic carbocycles. The predicted molar refractivity (Wildman–Crippen MR) is 58.5 cm³/mol. The van der Waals surface area contributed by atoms with Crippen LogP contribution in [0.25, 0.3) is 0 Å². The molecule has 13 heavy (non-hydrogen) atoms. The van der Waals surface area contributed by atoms with Crippen LogP contribution in [0, 0.1) is 0 Å². The first-order valence-corrected chi connectivity index (χ1v) is 7.11. The molecule has 2 nitrogen and oxygen atoms in total. The standard InChI is InChI=1S/C10H20O2Si/c1-7-8-13(6,11-9(2)3)12-10(4)5/h2,4,7-8H2,1,3,5-6H3. The number of rotatable bonds is 6. The van der Waals surface area contributed by atoms with Crippen molar-refractivity contribution in [2.45, 2.75) is 39.8 Å². The molecule has 0 aromatic rings. The molecule has 0 saturated heterocycles. The summed E-state index contributed by atoms with van der Waals surface area (Å²) >= 11 is 0. The molecule has 76 valence electrons. The summed E-state index contributed by atoms with van der Waals surface area (Å²) in [6.45, 7) is 15.3. The number of hydrogen-bond acceptors (Lipinski definition) is 2. The van der Waals surface area contributed by atoms with Gasteiger partial charge < -0.3 is 8.85 Å². The van der Waals surface area contributed by atoms with Gasteiger partial charge in [0.2, 0.25) is 0 Å². The molecular formula is C10H20O2Si. The summed E-state index contributed by atoms with van der Waals surface area (Å²) in [4.78, 5) is 0. The van der Waals surface area contributed by atoms with Gasteiger partial charge in [-0.15, -0.1) is 0 Å². The summed E-state index contributed by atoms with van der Waals surface area (Å²) in [5.41, 5.74) is 0. The van der Waals surface area contributed by atoms with Gasteiger partial charge in [0.25, 0.3) is 0 Å². The Hall–Kier alpha value is -0.703. The highest BCUT2D eigenvalue weighted by atomic mass is 28.4. The van der Waals surface area contributed by atoms with E-state index in [9.17, 15) is 0 Å². The minimum absolute atomic E-state index is 0.726. The lowest BCUT2D eigenvalue weighted by molar-refractivity contribution is 0.268. The zero-order chi connectivity index (χ0) is 10.5. The average Bonchev–Trinajstić information content (AvgIpc) is 1.81. The summed E-state index contributed by atoms with van der Waals surface area (Å²) in [5.74, 6) is 1.45. The second-order valence-corrected chi connectivity index (χ2v) is 6.67. The zero-order valence-electron chi connectivity index (χ0n) is 9.14. The Kier molecular flexibility index (Phi) is 4.84.